The number of halogens is 1. The number of piperidine rings is 1. The Hall–Kier alpha value is -3.39. The fourth-order valence-corrected chi connectivity index (χ4v) is 5.86. The number of benzene rings is 1. The normalized spacial score (nSPS) is 22.1. The molecule has 1 aliphatic carbocycles. The number of ketones is 2. The van der Waals surface area contributed by atoms with Crippen molar-refractivity contribution in [2.75, 3.05) is 44.2 Å². The number of carbonyl (C=O) groups is 2. The molecule has 3 aliphatic heterocycles. The monoisotopic (exact) mass is 473 g/mol. The molecule has 180 valence electrons. The van der Waals surface area contributed by atoms with Gasteiger partial charge in [0.05, 0.1) is 28.8 Å². The van der Waals surface area contributed by atoms with E-state index in [1.165, 1.54) is 6.21 Å². The summed E-state index contributed by atoms with van der Waals surface area (Å²) in [6.45, 7) is 5.38. The van der Waals surface area contributed by atoms with Crippen LogP contribution in [0.3, 0.4) is 0 Å². The van der Waals surface area contributed by atoms with Crippen molar-refractivity contribution in [2.24, 2.45) is 4.99 Å². The number of pyridine rings is 1. The summed E-state index contributed by atoms with van der Waals surface area (Å²) in [5.74, 6) is -0.201. The van der Waals surface area contributed by atoms with Crippen LogP contribution in [0.2, 0.25) is 0 Å². The number of nitrogens with zero attached hydrogens (tertiary/aromatic N) is 5. The third-order valence-corrected chi connectivity index (χ3v) is 7.66. The molecule has 2 aromatic rings. The first-order valence-electron chi connectivity index (χ1n) is 12.4. The zero-order valence-corrected chi connectivity index (χ0v) is 19.6. The minimum atomic E-state index is -0.229. The third kappa shape index (κ3) is 4.16. The second-order valence-electron chi connectivity index (χ2n) is 9.73. The highest BCUT2D eigenvalue weighted by Gasteiger charge is 2.32. The first kappa shape index (κ1) is 22.1. The lowest BCUT2D eigenvalue weighted by atomic mass is 9.92. The van der Waals surface area contributed by atoms with Gasteiger partial charge in [-0.05, 0) is 42.7 Å². The van der Waals surface area contributed by atoms with Crippen LogP contribution in [0.4, 0.5) is 10.1 Å². The first-order valence-corrected chi connectivity index (χ1v) is 12.4. The molecule has 0 bridgehead atoms. The highest BCUT2D eigenvalue weighted by atomic mass is 19.1. The summed E-state index contributed by atoms with van der Waals surface area (Å²) in [5.41, 5.74) is 4.30. The first-order chi connectivity index (χ1) is 17.1. The lowest BCUT2D eigenvalue weighted by molar-refractivity contribution is -0.114. The molecule has 7 nitrogen and oxygen atoms in total. The Labute approximate surface area is 203 Å². The molecular formula is C27H28FN5O2. The predicted octanol–water partition coefficient (Wildman–Crippen LogP) is 3.11. The third-order valence-electron chi connectivity index (χ3n) is 7.66. The van der Waals surface area contributed by atoms with Crippen molar-refractivity contribution < 1.29 is 14.0 Å². The molecule has 1 aromatic heterocycles. The van der Waals surface area contributed by atoms with Crippen LogP contribution in [0.5, 0.6) is 0 Å². The Kier molecular flexibility index (Phi) is 5.68. The summed E-state index contributed by atoms with van der Waals surface area (Å²) < 4.78 is 14.2. The maximum Gasteiger partial charge on any atom is 0.177 e. The van der Waals surface area contributed by atoms with Gasteiger partial charge in [-0.25, -0.2) is 4.39 Å². The van der Waals surface area contributed by atoms with Crippen LogP contribution < -0.4 is 4.90 Å². The number of aliphatic imine (C=N–C) groups is 1. The fraction of sp³-hybridized carbons (Fsp3) is 0.407. The Morgan fingerprint density at radius 2 is 1.66 bits per heavy atom. The van der Waals surface area contributed by atoms with E-state index in [9.17, 15) is 14.0 Å². The minimum absolute atomic E-state index is 0.0293. The lowest BCUT2D eigenvalue weighted by Crippen LogP contribution is -2.53. The van der Waals surface area contributed by atoms with E-state index in [0.29, 0.717) is 24.3 Å². The van der Waals surface area contributed by atoms with Gasteiger partial charge < -0.3 is 9.80 Å². The number of rotatable bonds is 3. The van der Waals surface area contributed by atoms with E-state index in [2.05, 4.69) is 24.7 Å². The van der Waals surface area contributed by atoms with E-state index in [0.717, 1.165) is 80.3 Å². The highest BCUT2D eigenvalue weighted by Crippen LogP contribution is 2.33. The topological polar surface area (TPSA) is 69.1 Å². The summed E-state index contributed by atoms with van der Waals surface area (Å²) in [7, 11) is 0. The SMILES string of the molecule is O=C1C=NC2=C(C1)CC(=O)C=C2N1CCN(C2CCN(c3ccc(F)c4cccnc34)CC2)CC1. The molecule has 6 rings (SSSR count). The van der Waals surface area contributed by atoms with Crippen molar-refractivity contribution >= 4 is 34.4 Å². The van der Waals surface area contributed by atoms with E-state index in [1.807, 2.05) is 6.07 Å². The van der Waals surface area contributed by atoms with Crippen LogP contribution in [-0.2, 0) is 9.59 Å². The van der Waals surface area contributed by atoms with Crippen molar-refractivity contribution in [1.29, 1.82) is 0 Å². The summed E-state index contributed by atoms with van der Waals surface area (Å²) in [6, 6.07) is 7.47. The molecule has 4 heterocycles. The average molecular weight is 474 g/mol. The predicted molar refractivity (Wildman–Crippen MR) is 133 cm³/mol. The van der Waals surface area contributed by atoms with Crippen molar-refractivity contribution in [1.82, 2.24) is 14.8 Å². The molecular weight excluding hydrogens is 445 g/mol. The second-order valence-corrected chi connectivity index (χ2v) is 9.73. The van der Waals surface area contributed by atoms with Gasteiger partial charge in [0.2, 0.25) is 0 Å². The quantitative estimate of drug-likeness (QED) is 0.683. The van der Waals surface area contributed by atoms with E-state index < -0.39 is 0 Å². The molecule has 0 spiro atoms. The maximum atomic E-state index is 14.2. The number of Topliss-reactive ketones (excluding diaryl/α,β-unsaturated/α-hetero) is 1. The number of anilines is 1. The van der Waals surface area contributed by atoms with Crippen molar-refractivity contribution in [3.63, 3.8) is 0 Å². The Bertz CT molecular complexity index is 1280. The van der Waals surface area contributed by atoms with Crippen LogP contribution >= 0.6 is 0 Å². The zero-order chi connectivity index (χ0) is 23.9. The highest BCUT2D eigenvalue weighted by molar-refractivity contribution is 6.29. The van der Waals surface area contributed by atoms with Crippen molar-refractivity contribution in [2.45, 2.75) is 31.7 Å². The van der Waals surface area contributed by atoms with E-state index in [1.54, 1.807) is 30.5 Å². The number of hydrogen-bond acceptors (Lipinski definition) is 7. The number of piperazine rings is 1. The molecule has 2 saturated heterocycles. The number of carbonyl (C=O) groups excluding carboxylic acids is 2. The largest absolute Gasteiger partial charge is 0.370 e. The Morgan fingerprint density at radius 1 is 0.886 bits per heavy atom. The van der Waals surface area contributed by atoms with Crippen molar-refractivity contribution in [3.8, 4) is 0 Å². The van der Waals surface area contributed by atoms with Gasteiger partial charge >= 0.3 is 0 Å². The molecule has 1 aromatic carbocycles. The van der Waals surface area contributed by atoms with E-state index in [4.69, 9.17) is 0 Å². The summed E-state index contributed by atoms with van der Waals surface area (Å²) >= 11 is 0. The number of aromatic nitrogens is 1. The Morgan fingerprint density at radius 3 is 2.46 bits per heavy atom. The van der Waals surface area contributed by atoms with Gasteiger partial charge in [-0.1, -0.05) is 0 Å². The van der Waals surface area contributed by atoms with Crippen molar-refractivity contribution in [3.05, 3.63) is 59.3 Å². The minimum Gasteiger partial charge on any atom is -0.370 e. The van der Waals surface area contributed by atoms with Crippen LogP contribution in [0.15, 0.2) is 58.5 Å². The van der Waals surface area contributed by atoms with Gasteiger partial charge in [-0.15, -0.1) is 0 Å². The van der Waals surface area contributed by atoms with Gasteiger partial charge in [0, 0.05) is 75.8 Å². The summed E-state index contributed by atoms with van der Waals surface area (Å²) in [4.78, 5) is 40.0. The number of allylic oxidation sites excluding steroid dienone is 2. The molecule has 8 heteroatoms. The molecule has 2 fully saturated rings. The lowest BCUT2D eigenvalue weighted by Gasteiger charge is -2.44. The summed E-state index contributed by atoms with van der Waals surface area (Å²) in [6.07, 6.45) is 7.54. The van der Waals surface area contributed by atoms with Gasteiger partial charge in [0.15, 0.2) is 11.6 Å². The van der Waals surface area contributed by atoms with Crippen LogP contribution in [0.1, 0.15) is 25.7 Å². The van der Waals surface area contributed by atoms with Crippen LogP contribution in [0, 0.1) is 5.82 Å². The maximum absolute atomic E-state index is 14.2. The number of hydrogen-bond donors (Lipinski definition) is 0. The molecule has 0 amide bonds. The molecule has 0 N–H and O–H groups in total. The van der Waals surface area contributed by atoms with Gasteiger partial charge in [-0.2, -0.15) is 0 Å². The van der Waals surface area contributed by atoms with Gasteiger partial charge in [0.25, 0.3) is 0 Å². The smallest absolute Gasteiger partial charge is 0.177 e. The Balaban J connectivity index is 1.09. The standard InChI is InChI=1S/C27H28FN5O2/c28-23-3-4-24(27-22(23)2-1-7-29-27)32-8-5-19(6-9-32)31-10-12-33(13-11-31)25-16-20(34)14-18-15-21(35)17-30-26(18)25/h1-4,7,16-17,19H,5-6,8-15H2. The second kappa shape index (κ2) is 9.00. The fourth-order valence-electron chi connectivity index (χ4n) is 5.86. The zero-order valence-electron chi connectivity index (χ0n) is 19.6. The van der Waals surface area contributed by atoms with Gasteiger partial charge in [0.1, 0.15) is 5.82 Å². The average Bonchev–Trinajstić information content (AvgIpc) is 2.89. The van der Waals surface area contributed by atoms with E-state index >= 15 is 0 Å². The van der Waals surface area contributed by atoms with Gasteiger partial charge in [-0.3, -0.25) is 24.5 Å². The molecule has 0 atom stereocenters. The summed E-state index contributed by atoms with van der Waals surface area (Å²) in [5, 5.41) is 0.573. The van der Waals surface area contributed by atoms with Crippen LogP contribution in [0.25, 0.3) is 10.9 Å². The molecule has 0 unspecified atom stereocenters. The molecule has 35 heavy (non-hydrogen) atoms. The molecule has 0 saturated carbocycles. The van der Waals surface area contributed by atoms with Crippen LogP contribution in [-0.4, -0.2) is 77.9 Å². The van der Waals surface area contributed by atoms with E-state index in [-0.39, 0.29) is 17.4 Å². The molecule has 4 aliphatic rings. The number of fused-ring (bicyclic) bond motifs is 1. The molecule has 0 radical (unpaired) electrons.